The van der Waals surface area contributed by atoms with E-state index in [4.69, 9.17) is 9.26 Å². The number of benzene rings is 1. The van der Waals surface area contributed by atoms with Gasteiger partial charge < -0.3 is 19.5 Å². The molecule has 2 aromatic rings. The molecular weight excluding hydrogens is 482 g/mol. The molecule has 0 radical (unpaired) electrons. The van der Waals surface area contributed by atoms with Crippen LogP contribution in [0.1, 0.15) is 55.9 Å². The number of ether oxygens (including phenoxy) is 1. The normalized spacial score (nSPS) is 21.1. The summed E-state index contributed by atoms with van der Waals surface area (Å²) in [6.07, 6.45) is 6.58. The highest BCUT2D eigenvalue weighted by Gasteiger charge is 2.39. The first kappa shape index (κ1) is 27.2. The van der Waals surface area contributed by atoms with Gasteiger partial charge in [0.05, 0.1) is 18.1 Å². The Kier molecular flexibility index (Phi) is 9.26. The van der Waals surface area contributed by atoms with E-state index in [2.05, 4.69) is 15.4 Å². The Balaban J connectivity index is 1.47. The summed E-state index contributed by atoms with van der Waals surface area (Å²) in [6, 6.07) is 4.51. The quantitative estimate of drug-likeness (QED) is 0.507. The van der Waals surface area contributed by atoms with Crippen molar-refractivity contribution in [1.82, 2.24) is 20.3 Å². The molecule has 1 aliphatic carbocycles. The van der Waals surface area contributed by atoms with Gasteiger partial charge in [-0.05, 0) is 38.3 Å². The molecule has 2 amide bonds. The predicted octanol–water partition coefficient (Wildman–Crippen LogP) is 3.87. The average Bonchev–Trinajstić information content (AvgIpc) is 3.39. The Hall–Kier alpha value is -2.85. The fraction of sp³-hybridized carbons (Fsp3) is 0.593. The number of hydrogen-bond acceptors (Lipinski definition) is 6. The number of amides is 2. The summed E-state index contributed by atoms with van der Waals surface area (Å²) < 4.78 is 38.0. The minimum Gasteiger partial charge on any atom is -0.380 e. The topological polar surface area (TPSA) is 87.9 Å². The number of rotatable bonds is 9. The summed E-state index contributed by atoms with van der Waals surface area (Å²) in [4.78, 5) is 30.7. The van der Waals surface area contributed by atoms with Crippen LogP contribution in [0.2, 0.25) is 0 Å². The van der Waals surface area contributed by atoms with Gasteiger partial charge in [-0.25, -0.2) is 8.78 Å². The predicted molar refractivity (Wildman–Crippen MR) is 134 cm³/mol. The zero-order valence-electron chi connectivity index (χ0n) is 21.6. The van der Waals surface area contributed by atoms with E-state index in [1.165, 1.54) is 31.4 Å². The highest BCUT2D eigenvalue weighted by atomic mass is 19.1. The Morgan fingerprint density at radius 1 is 1.19 bits per heavy atom. The number of hydrogen-bond donors (Lipinski definition) is 1. The smallest absolute Gasteiger partial charge is 0.273 e. The molecule has 202 valence electrons. The van der Waals surface area contributed by atoms with Gasteiger partial charge in [-0.3, -0.25) is 14.5 Å². The summed E-state index contributed by atoms with van der Waals surface area (Å²) in [5.74, 6) is -2.42. The lowest BCUT2D eigenvalue weighted by atomic mass is 9.86. The van der Waals surface area contributed by atoms with Crippen molar-refractivity contribution >= 4 is 11.8 Å². The highest BCUT2D eigenvalue weighted by Crippen LogP contribution is 2.29. The van der Waals surface area contributed by atoms with Crippen LogP contribution in [0.5, 0.6) is 0 Å². The number of carbonyl (C=O) groups is 2. The van der Waals surface area contributed by atoms with Crippen molar-refractivity contribution in [2.24, 2.45) is 5.92 Å². The van der Waals surface area contributed by atoms with Crippen molar-refractivity contribution in [3.05, 3.63) is 41.6 Å². The van der Waals surface area contributed by atoms with E-state index in [1.807, 2.05) is 6.92 Å². The Bertz CT molecular complexity index is 1070. The van der Waals surface area contributed by atoms with Gasteiger partial charge in [0.15, 0.2) is 11.5 Å². The molecule has 2 fully saturated rings. The van der Waals surface area contributed by atoms with Crippen molar-refractivity contribution in [3.8, 4) is 11.3 Å². The van der Waals surface area contributed by atoms with Gasteiger partial charge in [-0.1, -0.05) is 24.4 Å². The van der Waals surface area contributed by atoms with E-state index in [0.717, 1.165) is 31.5 Å². The van der Waals surface area contributed by atoms with Crippen molar-refractivity contribution in [3.63, 3.8) is 0 Å². The molecule has 2 aliphatic rings. The number of piperidine rings is 1. The SMILES string of the molecule is CCOCCN(C)C(=O)[C@@H]1CN(C2CCCCC2)CC[C@H]1NC(=O)c1cc(-c2ccc(F)cc2F)on1. The molecule has 4 rings (SSSR count). The van der Waals surface area contributed by atoms with Gasteiger partial charge in [-0.15, -0.1) is 0 Å². The molecule has 0 bridgehead atoms. The molecule has 0 spiro atoms. The number of nitrogens with zero attached hydrogens (tertiary/aromatic N) is 3. The van der Waals surface area contributed by atoms with E-state index in [0.29, 0.717) is 38.8 Å². The largest absolute Gasteiger partial charge is 0.380 e. The third-order valence-electron chi connectivity index (χ3n) is 7.46. The molecule has 2 heterocycles. The number of likely N-dealkylation sites (tertiary alicyclic amines) is 1. The van der Waals surface area contributed by atoms with Crippen LogP contribution in [0.4, 0.5) is 8.78 Å². The number of likely N-dealkylation sites (N-methyl/N-ethyl adjacent to an activating group) is 1. The van der Waals surface area contributed by atoms with Crippen molar-refractivity contribution in [2.45, 2.75) is 57.5 Å². The Labute approximate surface area is 216 Å². The average molecular weight is 519 g/mol. The summed E-state index contributed by atoms with van der Waals surface area (Å²) >= 11 is 0. The lowest BCUT2D eigenvalue weighted by Crippen LogP contribution is -2.58. The lowest BCUT2D eigenvalue weighted by Gasteiger charge is -2.43. The number of aromatic nitrogens is 1. The van der Waals surface area contributed by atoms with Crippen LogP contribution in [0.15, 0.2) is 28.8 Å². The van der Waals surface area contributed by atoms with Gasteiger partial charge in [0.25, 0.3) is 5.91 Å². The number of halogens is 2. The molecule has 1 aromatic heterocycles. The minimum absolute atomic E-state index is 0.0118. The first-order chi connectivity index (χ1) is 17.9. The zero-order valence-corrected chi connectivity index (χ0v) is 21.6. The van der Waals surface area contributed by atoms with Gasteiger partial charge in [0, 0.05) is 57.5 Å². The molecule has 1 N–H and O–H groups in total. The second-order valence-electron chi connectivity index (χ2n) is 9.92. The Morgan fingerprint density at radius 3 is 2.70 bits per heavy atom. The van der Waals surface area contributed by atoms with E-state index in [-0.39, 0.29) is 29.0 Å². The first-order valence-electron chi connectivity index (χ1n) is 13.2. The molecule has 2 atom stereocenters. The van der Waals surface area contributed by atoms with Crippen LogP contribution in [-0.4, -0.2) is 78.8 Å². The summed E-state index contributed by atoms with van der Waals surface area (Å²) in [6.45, 7) is 4.81. The summed E-state index contributed by atoms with van der Waals surface area (Å²) in [7, 11) is 1.76. The van der Waals surface area contributed by atoms with Crippen LogP contribution >= 0.6 is 0 Å². The van der Waals surface area contributed by atoms with Crippen LogP contribution in [0.3, 0.4) is 0 Å². The molecule has 10 heteroatoms. The molecular formula is C27H36F2N4O4. The monoisotopic (exact) mass is 518 g/mol. The van der Waals surface area contributed by atoms with E-state index < -0.39 is 23.5 Å². The molecule has 1 saturated heterocycles. The molecule has 8 nitrogen and oxygen atoms in total. The lowest BCUT2D eigenvalue weighted by molar-refractivity contribution is -0.138. The molecule has 1 saturated carbocycles. The van der Waals surface area contributed by atoms with Gasteiger partial charge in [-0.2, -0.15) is 0 Å². The van der Waals surface area contributed by atoms with Crippen LogP contribution in [-0.2, 0) is 9.53 Å². The van der Waals surface area contributed by atoms with E-state index >= 15 is 0 Å². The van der Waals surface area contributed by atoms with E-state index in [1.54, 1.807) is 11.9 Å². The fourth-order valence-electron chi connectivity index (χ4n) is 5.36. The standard InChI is InChI=1S/C27H36F2N4O4/c1-3-36-14-13-32(2)27(35)21-17-33(19-7-5-4-6-8-19)12-11-23(21)30-26(34)24-16-25(37-31-24)20-10-9-18(28)15-22(20)29/h9-10,15-16,19,21,23H,3-8,11-14,17H2,1-2H3,(H,30,34)/t21-,23-/m1/s1. The van der Waals surface area contributed by atoms with Crippen LogP contribution in [0, 0.1) is 17.6 Å². The second-order valence-corrected chi connectivity index (χ2v) is 9.92. The second kappa shape index (κ2) is 12.6. The molecule has 37 heavy (non-hydrogen) atoms. The highest BCUT2D eigenvalue weighted by molar-refractivity contribution is 5.94. The molecule has 0 unspecified atom stereocenters. The molecule has 1 aromatic carbocycles. The van der Waals surface area contributed by atoms with Gasteiger partial charge in [0.2, 0.25) is 5.91 Å². The Morgan fingerprint density at radius 2 is 1.97 bits per heavy atom. The first-order valence-corrected chi connectivity index (χ1v) is 13.2. The van der Waals surface area contributed by atoms with Crippen molar-refractivity contribution in [2.75, 3.05) is 39.9 Å². The fourth-order valence-corrected chi connectivity index (χ4v) is 5.36. The maximum atomic E-state index is 14.2. The van der Waals surface area contributed by atoms with Crippen LogP contribution < -0.4 is 5.32 Å². The zero-order chi connectivity index (χ0) is 26.4. The summed E-state index contributed by atoms with van der Waals surface area (Å²) in [5.41, 5.74) is -0.0120. The maximum Gasteiger partial charge on any atom is 0.273 e. The molecule has 1 aliphatic heterocycles. The third kappa shape index (κ3) is 6.73. The van der Waals surface area contributed by atoms with Crippen LogP contribution in [0.25, 0.3) is 11.3 Å². The maximum absolute atomic E-state index is 14.2. The number of nitrogens with one attached hydrogen (secondary N) is 1. The van der Waals surface area contributed by atoms with E-state index in [9.17, 15) is 18.4 Å². The van der Waals surface area contributed by atoms with Crippen molar-refractivity contribution in [1.29, 1.82) is 0 Å². The van der Waals surface area contributed by atoms with Gasteiger partial charge >= 0.3 is 0 Å². The van der Waals surface area contributed by atoms with Gasteiger partial charge in [0.1, 0.15) is 11.6 Å². The third-order valence-corrected chi connectivity index (χ3v) is 7.46. The van der Waals surface area contributed by atoms with Crippen molar-refractivity contribution < 1.29 is 27.6 Å². The minimum atomic E-state index is -0.807. The number of carbonyl (C=O) groups excluding carboxylic acids is 2. The summed E-state index contributed by atoms with van der Waals surface area (Å²) in [5, 5.41) is 6.77.